The number of nitrogens with zero attached hydrogens (tertiary/aromatic N) is 2. The van der Waals surface area contributed by atoms with Gasteiger partial charge in [-0.2, -0.15) is 0 Å². The van der Waals surface area contributed by atoms with Crippen molar-refractivity contribution in [1.82, 2.24) is 14.9 Å². The van der Waals surface area contributed by atoms with Crippen molar-refractivity contribution in [2.45, 2.75) is 38.4 Å². The molecule has 1 unspecified atom stereocenters. The molecule has 1 heterocycles. The fourth-order valence-electron chi connectivity index (χ4n) is 3.15. The summed E-state index contributed by atoms with van der Waals surface area (Å²) in [5.41, 5.74) is 2.03. The quantitative estimate of drug-likeness (QED) is 0.606. The van der Waals surface area contributed by atoms with Gasteiger partial charge >= 0.3 is 0 Å². The van der Waals surface area contributed by atoms with Crippen LogP contribution in [0.25, 0.3) is 11.0 Å². The van der Waals surface area contributed by atoms with Crippen molar-refractivity contribution in [3.05, 3.63) is 60.2 Å². The van der Waals surface area contributed by atoms with Crippen LogP contribution in [0.4, 0.5) is 4.39 Å². The van der Waals surface area contributed by atoms with Crippen molar-refractivity contribution in [1.29, 1.82) is 0 Å². The van der Waals surface area contributed by atoms with Gasteiger partial charge < -0.3 is 20.1 Å². The summed E-state index contributed by atoms with van der Waals surface area (Å²) in [6.45, 7) is 4.55. The first-order valence-corrected chi connectivity index (χ1v) is 8.66. The maximum absolute atomic E-state index is 14.1. The summed E-state index contributed by atoms with van der Waals surface area (Å²) >= 11 is 0. The van der Waals surface area contributed by atoms with E-state index in [-0.39, 0.29) is 17.9 Å². The summed E-state index contributed by atoms with van der Waals surface area (Å²) in [7, 11) is 0. The van der Waals surface area contributed by atoms with E-state index >= 15 is 0 Å². The summed E-state index contributed by atoms with van der Waals surface area (Å²) in [5, 5.41) is 22.4. The van der Waals surface area contributed by atoms with E-state index in [0.717, 1.165) is 30.1 Å². The number of imidazole rings is 1. The van der Waals surface area contributed by atoms with E-state index in [1.54, 1.807) is 0 Å². The molecule has 0 bridgehead atoms. The number of aryl methyl sites for hydroxylation is 1. The Morgan fingerprint density at radius 2 is 2.00 bits per heavy atom. The Balaban J connectivity index is 1.70. The fourth-order valence-corrected chi connectivity index (χ4v) is 3.15. The highest BCUT2D eigenvalue weighted by Gasteiger charge is 2.25. The van der Waals surface area contributed by atoms with Crippen LogP contribution < -0.4 is 5.32 Å². The highest BCUT2D eigenvalue weighted by molar-refractivity contribution is 5.74. The lowest BCUT2D eigenvalue weighted by Crippen LogP contribution is -2.44. The van der Waals surface area contributed by atoms with E-state index in [9.17, 15) is 14.6 Å². The van der Waals surface area contributed by atoms with Crippen LogP contribution in [0.2, 0.25) is 0 Å². The molecule has 2 aromatic carbocycles. The Morgan fingerprint density at radius 3 is 2.73 bits per heavy atom. The Bertz CT molecular complexity index is 892. The average Bonchev–Trinajstić information content (AvgIpc) is 3.02. The van der Waals surface area contributed by atoms with Gasteiger partial charge in [-0.05, 0) is 38.5 Å². The maximum Gasteiger partial charge on any atom is 0.131 e. The van der Waals surface area contributed by atoms with Crippen LogP contribution in [0.5, 0.6) is 5.75 Å². The molecule has 0 spiro atoms. The van der Waals surface area contributed by atoms with Gasteiger partial charge in [0.05, 0.1) is 30.0 Å². The number of hydrogen-bond donors (Lipinski definition) is 3. The number of halogens is 1. The Labute approximate surface area is 152 Å². The molecule has 0 saturated carbocycles. The maximum atomic E-state index is 14.1. The molecule has 0 amide bonds. The molecule has 26 heavy (non-hydrogen) atoms. The molecule has 1 atom stereocenters. The van der Waals surface area contributed by atoms with Crippen LogP contribution in [0, 0.1) is 5.82 Å². The van der Waals surface area contributed by atoms with Crippen LogP contribution in [0.15, 0.2) is 48.8 Å². The zero-order valence-electron chi connectivity index (χ0n) is 15.0. The highest BCUT2D eigenvalue weighted by Crippen LogP contribution is 2.25. The number of fused-ring (bicyclic) bond motifs is 1. The summed E-state index contributed by atoms with van der Waals surface area (Å²) in [4.78, 5) is 4.39. The predicted molar refractivity (Wildman–Crippen MR) is 99.5 cm³/mol. The van der Waals surface area contributed by atoms with Gasteiger partial charge in [-0.25, -0.2) is 9.37 Å². The number of aliphatic hydroxyl groups is 1. The lowest BCUT2D eigenvalue weighted by atomic mass is 9.96. The van der Waals surface area contributed by atoms with E-state index in [0.29, 0.717) is 5.56 Å². The lowest BCUT2D eigenvalue weighted by molar-refractivity contribution is 0.200. The average molecular weight is 357 g/mol. The molecule has 6 heteroatoms. The number of aromatic hydroxyl groups is 1. The molecular weight excluding hydrogens is 333 g/mol. The predicted octanol–water partition coefficient (Wildman–Crippen LogP) is 3.37. The Hall–Kier alpha value is -2.44. The van der Waals surface area contributed by atoms with Crippen LogP contribution in [-0.2, 0) is 6.54 Å². The van der Waals surface area contributed by atoms with E-state index in [4.69, 9.17) is 0 Å². The standard InChI is InChI=1S/C20H24FN3O2/c1-20(2,9-10-24-13-22-17-5-3-4-6-19(17)24)23-18(12-25)15-8-7-14(26)11-16(15)21/h3-8,11,13,18,23,25-26H,9-10,12H2,1-2H3. The molecule has 0 radical (unpaired) electrons. The molecule has 0 aliphatic heterocycles. The normalized spacial score (nSPS) is 13.2. The number of nitrogens with one attached hydrogen (secondary N) is 1. The summed E-state index contributed by atoms with van der Waals surface area (Å²) < 4.78 is 16.2. The molecule has 0 saturated heterocycles. The second-order valence-corrected chi connectivity index (χ2v) is 7.15. The second kappa shape index (κ2) is 7.43. The number of rotatable bonds is 7. The van der Waals surface area contributed by atoms with Crippen molar-refractivity contribution < 1.29 is 14.6 Å². The van der Waals surface area contributed by atoms with Crippen molar-refractivity contribution in [2.75, 3.05) is 6.61 Å². The van der Waals surface area contributed by atoms with Crippen LogP contribution in [0.1, 0.15) is 31.9 Å². The molecule has 0 aliphatic rings. The molecule has 1 aromatic heterocycles. The van der Waals surface area contributed by atoms with Crippen LogP contribution >= 0.6 is 0 Å². The van der Waals surface area contributed by atoms with Crippen LogP contribution in [-0.4, -0.2) is 31.9 Å². The molecule has 5 nitrogen and oxygen atoms in total. The van der Waals surface area contributed by atoms with E-state index in [2.05, 4.69) is 14.9 Å². The number of para-hydroxylation sites is 2. The third-order valence-corrected chi connectivity index (χ3v) is 4.61. The van der Waals surface area contributed by atoms with Gasteiger partial charge in [0.25, 0.3) is 0 Å². The molecule has 3 N–H and O–H groups in total. The number of phenolic OH excluding ortho intramolecular Hbond substituents is 1. The minimum atomic E-state index is -0.551. The first kappa shape index (κ1) is 18.4. The monoisotopic (exact) mass is 357 g/mol. The summed E-state index contributed by atoms with van der Waals surface area (Å²) in [6, 6.07) is 11.4. The zero-order chi connectivity index (χ0) is 18.7. The van der Waals surface area contributed by atoms with Crippen molar-refractivity contribution in [3.63, 3.8) is 0 Å². The minimum Gasteiger partial charge on any atom is -0.508 e. The molecule has 138 valence electrons. The largest absolute Gasteiger partial charge is 0.508 e. The molecule has 3 aromatic rings. The number of hydrogen-bond acceptors (Lipinski definition) is 4. The highest BCUT2D eigenvalue weighted by atomic mass is 19.1. The Morgan fingerprint density at radius 1 is 1.23 bits per heavy atom. The minimum absolute atomic E-state index is 0.130. The second-order valence-electron chi connectivity index (χ2n) is 7.15. The van der Waals surface area contributed by atoms with Gasteiger partial charge in [-0.15, -0.1) is 0 Å². The van der Waals surface area contributed by atoms with Crippen molar-refractivity contribution in [2.24, 2.45) is 0 Å². The van der Waals surface area contributed by atoms with E-state index in [1.807, 2.05) is 44.4 Å². The number of aliphatic hydroxyl groups excluding tert-OH is 1. The number of phenols is 1. The van der Waals surface area contributed by atoms with Gasteiger partial charge in [-0.3, -0.25) is 0 Å². The first-order chi connectivity index (χ1) is 12.4. The van der Waals surface area contributed by atoms with Gasteiger partial charge in [0.15, 0.2) is 0 Å². The molecular formula is C20H24FN3O2. The fraction of sp³-hybridized carbons (Fsp3) is 0.350. The summed E-state index contributed by atoms with van der Waals surface area (Å²) in [6.07, 6.45) is 2.59. The zero-order valence-corrected chi connectivity index (χ0v) is 15.0. The van der Waals surface area contributed by atoms with Crippen LogP contribution in [0.3, 0.4) is 0 Å². The third-order valence-electron chi connectivity index (χ3n) is 4.61. The van der Waals surface area contributed by atoms with Crippen molar-refractivity contribution >= 4 is 11.0 Å². The Kier molecular flexibility index (Phi) is 5.25. The smallest absolute Gasteiger partial charge is 0.131 e. The van der Waals surface area contributed by atoms with Gasteiger partial charge in [0, 0.05) is 23.7 Å². The van der Waals surface area contributed by atoms with E-state index < -0.39 is 11.9 Å². The molecule has 3 rings (SSSR count). The number of benzene rings is 2. The van der Waals surface area contributed by atoms with Crippen molar-refractivity contribution in [3.8, 4) is 5.75 Å². The third kappa shape index (κ3) is 4.03. The lowest BCUT2D eigenvalue weighted by Gasteiger charge is -2.32. The SMILES string of the molecule is CC(C)(CCn1cnc2ccccc21)NC(CO)c1ccc(O)cc1F. The first-order valence-electron chi connectivity index (χ1n) is 8.66. The topological polar surface area (TPSA) is 70.3 Å². The molecule has 0 aliphatic carbocycles. The van der Waals surface area contributed by atoms with Gasteiger partial charge in [-0.1, -0.05) is 18.2 Å². The number of aromatic nitrogens is 2. The molecule has 0 fully saturated rings. The van der Waals surface area contributed by atoms with E-state index in [1.165, 1.54) is 12.1 Å². The van der Waals surface area contributed by atoms with Gasteiger partial charge in [0.1, 0.15) is 11.6 Å². The summed E-state index contributed by atoms with van der Waals surface area (Å²) in [5.74, 6) is -0.665. The van der Waals surface area contributed by atoms with Gasteiger partial charge in [0.2, 0.25) is 0 Å².